The summed E-state index contributed by atoms with van der Waals surface area (Å²) in [7, 11) is 0. The van der Waals surface area contributed by atoms with Crippen molar-refractivity contribution in [3.05, 3.63) is 88.3 Å². The van der Waals surface area contributed by atoms with Crippen molar-refractivity contribution >= 4 is 17.0 Å². The van der Waals surface area contributed by atoms with Crippen LogP contribution in [0.15, 0.2) is 55.1 Å². The van der Waals surface area contributed by atoms with Gasteiger partial charge in [-0.25, -0.2) is 18.9 Å². The lowest BCUT2D eigenvalue weighted by molar-refractivity contribution is -0.635. The van der Waals surface area contributed by atoms with E-state index >= 15 is 0 Å². The van der Waals surface area contributed by atoms with Crippen LogP contribution in [0.5, 0.6) is 0 Å². The normalized spacial score (nSPS) is 11.0. The van der Waals surface area contributed by atoms with Crippen LogP contribution < -0.4 is 9.46 Å². The van der Waals surface area contributed by atoms with Crippen LogP contribution in [0.3, 0.4) is 0 Å². The molecule has 0 aliphatic rings. The highest BCUT2D eigenvalue weighted by molar-refractivity contribution is 5.87. The fourth-order valence-corrected chi connectivity index (χ4v) is 2.94. The third-order valence-electron chi connectivity index (χ3n) is 4.40. The van der Waals surface area contributed by atoms with Gasteiger partial charge in [-0.3, -0.25) is 0 Å². The monoisotopic (exact) mass is 395 g/mol. The van der Waals surface area contributed by atoms with Crippen LogP contribution in [0.2, 0.25) is 0 Å². The molecule has 10 heteroatoms. The summed E-state index contributed by atoms with van der Waals surface area (Å²) >= 11 is 0. The van der Waals surface area contributed by atoms with Crippen LogP contribution in [-0.4, -0.2) is 20.7 Å². The third kappa shape index (κ3) is 3.20. The molecule has 2 aromatic carbocycles. The maximum Gasteiger partial charge on any atom is 0.412 e. The van der Waals surface area contributed by atoms with Gasteiger partial charge in [-0.1, -0.05) is 30.3 Å². The molecule has 0 aliphatic carbocycles. The van der Waals surface area contributed by atoms with E-state index in [4.69, 9.17) is 4.74 Å². The molecule has 2 heterocycles. The number of benzene rings is 2. The van der Waals surface area contributed by atoms with Crippen molar-refractivity contribution in [1.29, 1.82) is 0 Å². The molecule has 0 atom stereocenters. The van der Waals surface area contributed by atoms with E-state index in [9.17, 15) is 19.6 Å². The number of rotatable bonds is 4. The van der Waals surface area contributed by atoms with Gasteiger partial charge in [-0.05, 0) is 5.56 Å². The van der Waals surface area contributed by atoms with Gasteiger partial charge in [0.05, 0.1) is 6.07 Å². The smallest absolute Gasteiger partial charge is 0.412 e. The van der Waals surface area contributed by atoms with E-state index in [1.54, 1.807) is 24.3 Å². The lowest BCUT2D eigenvalue weighted by Gasteiger charge is -2.12. The predicted octanol–water partition coefficient (Wildman–Crippen LogP) is 1.49. The van der Waals surface area contributed by atoms with Gasteiger partial charge in [0.25, 0.3) is 16.7 Å². The van der Waals surface area contributed by atoms with Crippen molar-refractivity contribution in [2.45, 2.75) is 13.5 Å². The maximum absolute atomic E-state index is 14.5. The quantitative estimate of drug-likeness (QED) is 0.294. The first-order valence-electron chi connectivity index (χ1n) is 8.52. The highest BCUT2D eigenvalue weighted by Crippen LogP contribution is 2.19. The van der Waals surface area contributed by atoms with E-state index in [0.29, 0.717) is 4.73 Å². The number of esters is 1. The van der Waals surface area contributed by atoms with Crippen molar-refractivity contribution in [2.24, 2.45) is 0 Å². The molecule has 0 saturated carbocycles. The second-order valence-corrected chi connectivity index (χ2v) is 6.22. The molecule has 2 aromatic heterocycles. The fourth-order valence-electron chi connectivity index (χ4n) is 2.94. The summed E-state index contributed by atoms with van der Waals surface area (Å²) in [6.45, 7) is 1.24. The predicted molar refractivity (Wildman–Crippen MR) is 97.0 cm³/mol. The topological polar surface area (TPSA) is 111 Å². The molecule has 0 aliphatic heterocycles. The molecular weight excluding hydrogens is 381 g/mol. The van der Waals surface area contributed by atoms with E-state index in [0.717, 1.165) is 16.3 Å². The summed E-state index contributed by atoms with van der Waals surface area (Å²) < 4.78 is 21.4. The van der Waals surface area contributed by atoms with Crippen LogP contribution in [0.4, 0.5) is 4.39 Å². The number of carbonyl (C=O) groups excluding carboxylic acids is 1. The Morgan fingerprint density at radius 3 is 2.59 bits per heavy atom. The zero-order chi connectivity index (χ0) is 20.5. The van der Waals surface area contributed by atoms with Crippen LogP contribution >= 0.6 is 0 Å². The number of hydrogen-bond acceptors (Lipinski definition) is 6. The highest BCUT2D eigenvalue weighted by atomic mass is 19.1. The van der Waals surface area contributed by atoms with Gasteiger partial charge in [-0.15, -0.1) is 4.73 Å². The molecule has 0 radical (unpaired) electrons. The molecule has 0 saturated heterocycles. The Balaban J connectivity index is 1.77. The van der Waals surface area contributed by atoms with Gasteiger partial charge in [0.15, 0.2) is 5.82 Å². The van der Waals surface area contributed by atoms with E-state index in [-0.39, 0.29) is 33.8 Å². The van der Waals surface area contributed by atoms with Crippen molar-refractivity contribution < 1.29 is 23.4 Å². The molecule has 29 heavy (non-hydrogen) atoms. The summed E-state index contributed by atoms with van der Waals surface area (Å²) in [4.78, 5) is 16.2. The molecule has 0 N–H and O–H groups in total. The number of halogens is 1. The van der Waals surface area contributed by atoms with Crippen molar-refractivity contribution in [3.8, 4) is 5.69 Å². The molecule has 0 spiro atoms. The van der Waals surface area contributed by atoms with Gasteiger partial charge in [0.1, 0.15) is 24.9 Å². The van der Waals surface area contributed by atoms with E-state index in [2.05, 4.69) is 10.1 Å². The standard InChI is InChI=1S/C19H14FN5O4/c1-12-18(19(26)29-9-13-5-3-2-4-6-13)25(28)16-7-14(20)15(8-17(16)24(12)27)23-11-21-10-22-23/h2-8,10-11H,9H2,1H3. The Bertz CT molecular complexity index is 1210. The lowest BCUT2D eigenvalue weighted by Crippen LogP contribution is -2.47. The Labute approximate surface area is 163 Å². The Morgan fingerprint density at radius 2 is 1.90 bits per heavy atom. The van der Waals surface area contributed by atoms with Gasteiger partial charge >= 0.3 is 11.7 Å². The zero-order valence-corrected chi connectivity index (χ0v) is 15.2. The summed E-state index contributed by atoms with van der Waals surface area (Å²) in [5.41, 5.74) is -0.436. The Kier molecular flexibility index (Phi) is 4.51. The first-order chi connectivity index (χ1) is 14.0. The summed E-state index contributed by atoms with van der Waals surface area (Å²) in [6.07, 6.45) is 2.46. The number of ether oxygens (including phenoxy) is 1. The minimum atomic E-state index is -0.978. The number of aromatic nitrogens is 5. The molecule has 0 amide bonds. The number of carbonyl (C=O) groups is 1. The van der Waals surface area contributed by atoms with Gasteiger partial charge in [0, 0.05) is 13.0 Å². The van der Waals surface area contributed by atoms with E-state index in [1.807, 2.05) is 6.07 Å². The first-order valence-corrected chi connectivity index (χ1v) is 8.52. The van der Waals surface area contributed by atoms with Crippen LogP contribution in [0, 0.1) is 23.2 Å². The molecule has 0 bridgehead atoms. The summed E-state index contributed by atoms with van der Waals surface area (Å²) in [5.74, 6) is -1.78. The molecule has 9 nitrogen and oxygen atoms in total. The third-order valence-corrected chi connectivity index (χ3v) is 4.40. The average molecular weight is 395 g/mol. The summed E-state index contributed by atoms with van der Waals surface area (Å²) in [6, 6.07) is 10.9. The molecule has 4 aromatic rings. The SMILES string of the molecule is Cc1c(C(=O)OCc2ccccc2)[n+]([O-])c2cc(F)c(-n3cncn3)cc2[n+]1[O-]. The molecule has 0 unspecified atom stereocenters. The average Bonchev–Trinajstić information content (AvgIpc) is 3.26. The van der Waals surface area contributed by atoms with Crippen molar-refractivity contribution in [1.82, 2.24) is 14.8 Å². The second kappa shape index (κ2) is 7.15. The van der Waals surface area contributed by atoms with Gasteiger partial charge in [-0.2, -0.15) is 9.83 Å². The molecule has 4 rings (SSSR count). The molecular formula is C19H14FN5O4. The number of nitrogens with zero attached hydrogens (tertiary/aromatic N) is 5. The maximum atomic E-state index is 14.5. The lowest BCUT2D eigenvalue weighted by atomic mass is 10.2. The van der Waals surface area contributed by atoms with Crippen LogP contribution in [0.1, 0.15) is 21.7 Å². The van der Waals surface area contributed by atoms with Crippen molar-refractivity contribution in [3.63, 3.8) is 0 Å². The number of fused-ring (bicyclic) bond motifs is 1. The summed E-state index contributed by atoms with van der Waals surface area (Å²) in [5, 5.41) is 29.3. The van der Waals surface area contributed by atoms with E-state index < -0.39 is 17.5 Å². The molecule has 0 fully saturated rings. The van der Waals surface area contributed by atoms with Crippen molar-refractivity contribution in [2.75, 3.05) is 0 Å². The van der Waals surface area contributed by atoms with Crippen LogP contribution in [-0.2, 0) is 11.3 Å². The minimum Gasteiger partial charge on any atom is -0.618 e. The first kappa shape index (κ1) is 18.3. The van der Waals surface area contributed by atoms with E-state index in [1.165, 1.54) is 25.6 Å². The zero-order valence-electron chi connectivity index (χ0n) is 15.2. The second-order valence-electron chi connectivity index (χ2n) is 6.22. The van der Waals surface area contributed by atoms with Gasteiger partial charge in [0.2, 0.25) is 0 Å². The minimum absolute atomic E-state index is 0.0570. The highest BCUT2D eigenvalue weighted by Gasteiger charge is 2.33. The van der Waals surface area contributed by atoms with Crippen LogP contribution in [0.25, 0.3) is 16.7 Å². The number of hydrogen-bond donors (Lipinski definition) is 0. The molecule has 146 valence electrons. The van der Waals surface area contributed by atoms with Gasteiger partial charge < -0.3 is 15.2 Å². The fraction of sp³-hybridized carbons (Fsp3) is 0.105. The Morgan fingerprint density at radius 1 is 1.17 bits per heavy atom. The largest absolute Gasteiger partial charge is 0.618 e. The Hall–Kier alpha value is -4.08.